The van der Waals surface area contributed by atoms with Crippen molar-refractivity contribution in [2.24, 2.45) is 0 Å². The minimum Gasteiger partial charge on any atom is -0.486 e. The quantitative estimate of drug-likeness (QED) is 0.673. The maximum absolute atomic E-state index is 10.8. The predicted molar refractivity (Wildman–Crippen MR) is 73.6 cm³/mol. The van der Waals surface area contributed by atoms with Crippen LogP contribution >= 0.6 is 11.6 Å². The van der Waals surface area contributed by atoms with Crippen LogP contribution in [-0.4, -0.2) is 21.0 Å². The lowest BCUT2D eigenvalue weighted by Crippen LogP contribution is -2.05. The molecule has 2 rings (SSSR count). The van der Waals surface area contributed by atoms with Gasteiger partial charge in [0.15, 0.2) is 0 Å². The first kappa shape index (κ1) is 14.7. The number of ether oxygens (including phenoxy) is 1. The molecule has 0 aliphatic rings. The summed E-state index contributed by atoms with van der Waals surface area (Å²) in [5.41, 5.74) is 0.175. The monoisotopic (exact) mass is 308 g/mol. The summed E-state index contributed by atoms with van der Waals surface area (Å²) in [4.78, 5) is 24.7. The molecule has 7 nitrogen and oxygen atoms in total. The van der Waals surface area contributed by atoms with Gasteiger partial charge in [-0.2, -0.15) is 0 Å². The number of carbonyl (C=O) groups is 1. The van der Waals surface area contributed by atoms with Crippen molar-refractivity contribution in [3.63, 3.8) is 0 Å². The topological polar surface area (TPSA) is 103 Å². The third-order valence-corrected chi connectivity index (χ3v) is 2.82. The van der Waals surface area contributed by atoms with E-state index in [1.165, 1.54) is 24.3 Å². The lowest BCUT2D eigenvalue weighted by Gasteiger charge is -2.07. The fourth-order valence-electron chi connectivity index (χ4n) is 1.55. The summed E-state index contributed by atoms with van der Waals surface area (Å²) in [6.07, 6.45) is 0. The molecule has 0 aliphatic heterocycles. The Balaban J connectivity index is 2.11. The second-order valence-electron chi connectivity index (χ2n) is 3.98. The maximum Gasteiger partial charge on any atom is 0.354 e. The molecule has 1 aromatic carbocycles. The summed E-state index contributed by atoms with van der Waals surface area (Å²) in [5.74, 6) is -0.880. The highest BCUT2D eigenvalue weighted by atomic mass is 35.5. The zero-order valence-corrected chi connectivity index (χ0v) is 11.3. The molecular formula is C13H9ClN2O5. The number of carboxylic acid groups (broad SMARTS) is 1. The van der Waals surface area contributed by atoms with Crippen LogP contribution in [0.15, 0.2) is 36.4 Å². The van der Waals surface area contributed by atoms with Crippen molar-refractivity contribution in [1.82, 2.24) is 4.98 Å². The number of carboxylic acids is 1. The van der Waals surface area contributed by atoms with Gasteiger partial charge in [-0.3, -0.25) is 10.1 Å². The first-order valence-corrected chi connectivity index (χ1v) is 6.11. The number of halogens is 1. The van der Waals surface area contributed by atoms with Crippen molar-refractivity contribution >= 4 is 23.3 Å². The fraction of sp³-hybridized carbons (Fsp3) is 0.0769. The zero-order valence-electron chi connectivity index (χ0n) is 10.5. The summed E-state index contributed by atoms with van der Waals surface area (Å²) in [6.45, 7) is -0.00134. The van der Waals surface area contributed by atoms with E-state index in [9.17, 15) is 14.9 Å². The van der Waals surface area contributed by atoms with E-state index < -0.39 is 10.9 Å². The third kappa shape index (κ3) is 3.67. The van der Waals surface area contributed by atoms with Crippen LogP contribution < -0.4 is 4.74 Å². The smallest absolute Gasteiger partial charge is 0.354 e. The number of rotatable bonds is 5. The number of benzene rings is 1. The van der Waals surface area contributed by atoms with Gasteiger partial charge in [0.05, 0.1) is 15.6 Å². The van der Waals surface area contributed by atoms with Crippen molar-refractivity contribution < 1.29 is 19.6 Å². The minimum absolute atomic E-state index is 0.00134. The number of aromatic nitrogens is 1. The van der Waals surface area contributed by atoms with E-state index in [2.05, 4.69) is 4.98 Å². The average Bonchev–Trinajstić information content (AvgIpc) is 2.46. The van der Waals surface area contributed by atoms with Crippen molar-refractivity contribution in [1.29, 1.82) is 0 Å². The van der Waals surface area contributed by atoms with Crippen LogP contribution in [0.25, 0.3) is 0 Å². The fourth-order valence-corrected chi connectivity index (χ4v) is 1.78. The number of nitro benzene ring substituents is 1. The Morgan fingerprint density at radius 2 is 2.14 bits per heavy atom. The zero-order chi connectivity index (χ0) is 15.4. The summed E-state index contributed by atoms with van der Waals surface area (Å²) >= 11 is 5.88. The maximum atomic E-state index is 10.8. The normalized spacial score (nSPS) is 10.1. The molecule has 2 aromatic rings. The molecule has 1 heterocycles. The van der Waals surface area contributed by atoms with E-state index in [0.717, 1.165) is 0 Å². The highest BCUT2D eigenvalue weighted by Crippen LogP contribution is 2.29. The number of nitrogens with zero attached hydrogens (tertiary/aromatic N) is 2. The van der Waals surface area contributed by atoms with Gasteiger partial charge in [-0.1, -0.05) is 17.7 Å². The summed E-state index contributed by atoms with van der Waals surface area (Å²) in [5, 5.41) is 19.5. The molecule has 0 bridgehead atoms. The lowest BCUT2D eigenvalue weighted by molar-refractivity contribution is -0.384. The van der Waals surface area contributed by atoms with Gasteiger partial charge in [-0.15, -0.1) is 0 Å². The highest BCUT2D eigenvalue weighted by molar-refractivity contribution is 6.32. The first-order chi connectivity index (χ1) is 9.97. The second-order valence-corrected chi connectivity index (χ2v) is 4.39. The Morgan fingerprint density at radius 1 is 1.38 bits per heavy atom. The summed E-state index contributed by atoms with van der Waals surface area (Å²) in [7, 11) is 0. The molecule has 0 fully saturated rings. The number of non-ortho nitro benzene ring substituents is 1. The van der Waals surface area contributed by atoms with E-state index >= 15 is 0 Å². The molecule has 0 unspecified atom stereocenters. The minimum atomic E-state index is -1.13. The van der Waals surface area contributed by atoms with Gasteiger partial charge < -0.3 is 9.84 Å². The van der Waals surface area contributed by atoms with Crippen molar-refractivity contribution in [2.75, 3.05) is 0 Å². The largest absolute Gasteiger partial charge is 0.486 e. The van der Waals surface area contributed by atoms with Gasteiger partial charge in [0.2, 0.25) is 0 Å². The number of nitro groups is 1. The van der Waals surface area contributed by atoms with Gasteiger partial charge >= 0.3 is 5.97 Å². The van der Waals surface area contributed by atoms with Gasteiger partial charge in [0, 0.05) is 12.1 Å². The van der Waals surface area contributed by atoms with E-state index in [0.29, 0.717) is 5.69 Å². The number of pyridine rings is 1. The molecule has 108 valence electrons. The van der Waals surface area contributed by atoms with Gasteiger partial charge in [-0.25, -0.2) is 9.78 Å². The Kier molecular flexibility index (Phi) is 4.34. The van der Waals surface area contributed by atoms with Gasteiger partial charge in [0.1, 0.15) is 18.1 Å². The van der Waals surface area contributed by atoms with E-state index in [-0.39, 0.29) is 28.8 Å². The molecular weight excluding hydrogens is 300 g/mol. The van der Waals surface area contributed by atoms with Crippen LogP contribution in [0.2, 0.25) is 5.02 Å². The van der Waals surface area contributed by atoms with Crippen LogP contribution in [-0.2, 0) is 6.61 Å². The SMILES string of the molecule is O=C(O)c1cccc(COc2ccc([N+](=O)[O-])cc2Cl)n1. The standard InChI is InChI=1S/C13H9ClN2O5/c14-10-6-9(16(19)20)4-5-12(10)21-7-8-2-1-3-11(15-8)13(17)18/h1-6H,7H2,(H,17,18). The first-order valence-electron chi connectivity index (χ1n) is 5.73. The van der Waals surface area contributed by atoms with Crippen LogP contribution in [0.1, 0.15) is 16.2 Å². The van der Waals surface area contributed by atoms with Crippen molar-refractivity contribution in [2.45, 2.75) is 6.61 Å². The molecule has 1 aromatic heterocycles. The summed E-state index contributed by atoms with van der Waals surface area (Å²) in [6, 6.07) is 8.34. The molecule has 21 heavy (non-hydrogen) atoms. The molecule has 0 radical (unpaired) electrons. The molecule has 0 spiro atoms. The highest BCUT2D eigenvalue weighted by Gasteiger charge is 2.11. The average molecular weight is 309 g/mol. The molecule has 0 atom stereocenters. The second kappa shape index (κ2) is 6.19. The predicted octanol–water partition coefficient (Wildman–Crippen LogP) is 2.92. The molecule has 1 N–H and O–H groups in total. The number of hydrogen-bond donors (Lipinski definition) is 1. The van der Waals surface area contributed by atoms with Crippen LogP contribution in [0.3, 0.4) is 0 Å². The Morgan fingerprint density at radius 3 is 2.76 bits per heavy atom. The van der Waals surface area contributed by atoms with Gasteiger partial charge in [0.25, 0.3) is 5.69 Å². The van der Waals surface area contributed by atoms with Crippen molar-refractivity contribution in [3.8, 4) is 5.75 Å². The van der Waals surface area contributed by atoms with E-state index in [1.54, 1.807) is 12.1 Å². The Labute approximate surface area is 123 Å². The van der Waals surface area contributed by atoms with Crippen LogP contribution in [0.4, 0.5) is 5.69 Å². The molecule has 0 aliphatic carbocycles. The molecule has 0 saturated carbocycles. The third-order valence-electron chi connectivity index (χ3n) is 2.53. The Bertz CT molecular complexity index is 705. The molecule has 0 amide bonds. The van der Waals surface area contributed by atoms with E-state index in [1.807, 2.05) is 0 Å². The van der Waals surface area contributed by atoms with Crippen molar-refractivity contribution in [3.05, 3.63) is 62.9 Å². The molecule has 8 heteroatoms. The van der Waals surface area contributed by atoms with E-state index in [4.69, 9.17) is 21.4 Å². The molecule has 0 saturated heterocycles. The Hall–Kier alpha value is -2.67. The number of aromatic carboxylic acids is 1. The van der Waals surface area contributed by atoms with Gasteiger partial charge in [-0.05, 0) is 18.2 Å². The number of hydrogen-bond acceptors (Lipinski definition) is 5. The lowest BCUT2D eigenvalue weighted by atomic mass is 10.3. The summed E-state index contributed by atoms with van der Waals surface area (Å²) < 4.78 is 5.38. The van der Waals surface area contributed by atoms with Crippen LogP contribution in [0, 0.1) is 10.1 Å². The van der Waals surface area contributed by atoms with Crippen LogP contribution in [0.5, 0.6) is 5.75 Å².